The summed E-state index contributed by atoms with van der Waals surface area (Å²) in [5.41, 5.74) is 0.739. The molecule has 17 heavy (non-hydrogen) atoms. The number of carbonyl (C=O) groups is 1. The molecule has 1 aromatic rings. The number of hydrogen-bond acceptors (Lipinski definition) is 3. The molecular weight excluding hydrogens is 220 g/mol. The molecule has 0 fully saturated rings. The molecule has 0 aromatic heterocycles. The highest BCUT2D eigenvalue weighted by molar-refractivity contribution is 5.78. The van der Waals surface area contributed by atoms with Gasteiger partial charge in [0, 0.05) is 19.2 Å². The predicted molar refractivity (Wildman–Crippen MR) is 63.3 cm³/mol. The van der Waals surface area contributed by atoms with E-state index in [-0.39, 0.29) is 24.6 Å². The Bertz CT molecular complexity index is 460. The number of amides is 1. The lowest BCUT2D eigenvalue weighted by Crippen LogP contribution is -2.28. The minimum absolute atomic E-state index is 0.0122. The third kappa shape index (κ3) is 3.61. The second kappa shape index (κ2) is 5.66. The molecule has 5 heteroatoms. The molecule has 1 rings (SSSR count). The average molecular weight is 232 g/mol. The van der Waals surface area contributed by atoms with Gasteiger partial charge in [-0.05, 0) is 5.56 Å². The van der Waals surface area contributed by atoms with Gasteiger partial charge in [0.1, 0.15) is 0 Å². The minimum atomic E-state index is -0.476. The Labute approximate surface area is 99.2 Å². The van der Waals surface area contributed by atoms with E-state index >= 15 is 0 Å². The SMILES string of the molecule is C#CCN(C)C(=O)Cc1ccc([N+](=O)[O-])cc1. The lowest BCUT2D eigenvalue weighted by atomic mass is 10.1. The predicted octanol–water partition coefficient (Wildman–Crippen LogP) is 1.23. The lowest BCUT2D eigenvalue weighted by Gasteiger charge is -2.13. The van der Waals surface area contributed by atoms with E-state index in [2.05, 4.69) is 5.92 Å². The van der Waals surface area contributed by atoms with Crippen molar-refractivity contribution in [2.24, 2.45) is 0 Å². The second-order valence-electron chi connectivity index (χ2n) is 3.55. The summed E-state index contributed by atoms with van der Waals surface area (Å²) >= 11 is 0. The first kappa shape index (κ1) is 12.7. The molecule has 0 aliphatic rings. The molecule has 0 unspecified atom stereocenters. The van der Waals surface area contributed by atoms with Gasteiger partial charge in [-0.1, -0.05) is 18.1 Å². The molecule has 0 heterocycles. The molecule has 0 radical (unpaired) electrons. The molecule has 0 N–H and O–H groups in total. The highest BCUT2D eigenvalue weighted by Gasteiger charge is 2.10. The van der Waals surface area contributed by atoms with Gasteiger partial charge in [-0.3, -0.25) is 14.9 Å². The first-order valence-corrected chi connectivity index (χ1v) is 4.95. The van der Waals surface area contributed by atoms with E-state index in [9.17, 15) is 14.9 Å². The van der Waals surface area contributed by atoms with E-state index in [4.69, 9.17) is 6.42 Å². The van der Waals surface area contributed by atoms with Crippen LogP contribution in [-0.2, 0) is 11.2 Å². The molecule has 1 aromatic carbocycles. The number of non-ortho nitro benzene ring substituents is 1. The molecule has 0 atom stereocenters. The summed E-state index contributed by atoms with van der Waals surface area (Å²) in [5.74, 6) is 2.26. The summed E-state index contributed by atoms with van der Waals surface area (Å²) in [4.78, 5) is 23.0. The number of terminal acetylenes is 1. The summed E-state index contributed by atoms with van der Waals surface area (Å²) in [6.45, 7) is 0.256. The first-order valence-electron chi connectivity index (χ1n) is 4.95. The molecule has 1 amide bonds. The van der Waals surface area contributed by atoms with Crippen molar-refractivity contribution >= 4 is 11.6 Å². The van der Waals surface area contributed by atoms with Crippen LogP contribution in [-0.4, -0.2) is 29.3 Å². The smallest absolute Gasteiger partial charge is 0.269 e. The van der Waals surface area contributed by atoms with Crippen molar-refractivity contribution in [2.45, 2.75) is 6.42 Å². The Balaban J connectivity index is 2.67. The van der Waals surface area contributed by atoms with Crippen molar-refractivity contribution < 1.29 is 9.72 Å². The van der Waals surface area contributed by atoms with Gasteiger partial charge in [-0.15, -0.1) is 6.42 Å². The normalized spacial score (nSPS) is 9.41. The average Bonchev–Trinajstić information content (AvgIpc) is 2.30. The summed E-state index contributed by atoms with van der Waals surface area (Å²) in [6.07, 6.45) is 5.29. The zero-order valence-electron chi connectivity index (χ0n) is 9.42. The molecule has 5 nitrogen and oxygen atoms in total. The van der Waals surface area contributed by atoms with Crippen LogP contribution >= 0.6 is 0 Å². The molecule has 0 saturated heterocycles. The van der Waals surface area contributed by atoms with Crippen molar-refractivity contribution in [1.29, 1.82) is 0 Å². The molecule has 0 bridgehead atoms. The van der Waals surface area contributed by atoms with Crippen molar-refractivity contribution in [3.8, 4) is 12.3 Å². The van der Waals surface area contributed by atoms with E-state index in [1.165, 1.54) is 17.0 Å². The third-order valence-corrected chi connectivity index (χ3v) is 2.26. The summed E-state index contributed by atoms with van der Waals surface area (Å²) in [5, 5.41) is 10.4. The Morgan fingerprint density at radius 3 is 2.53 bits per heavy atom. The summed E-state index contributed by atoms with van der Waals surface area (Å²) in [6, 6.07) is 5.90. The highest BCUT2D eigenvalue weighted by Crippen LogP contribution is 2.12. The largest absolute Gasteiger partial charge is 0.334 e. The Hall–Kier alpha value is -2.35. The summed E-state index contributed by atoms with van der Waals surface area (Å²) in [7, 11) is 1.62. The number of hydrogen-bond donors (Lipinski definition) is 0. The molecule has 0 spiro atoms. The Morgan fingerprint density at radius 2 is 2.06 bits per heavy atom. The van der Waals surface area contributed by atoms with Crippen LogP contribution in [0.1, 0.15) is 5.56 Å². The zero-order valence-corrected chi connectivity index (χ0v) is 9.42. The number of benzene rings is 1. The van der Waals surface area contributed by atoms with Gasteiger partial charge in [-0.2, -0.15) is 0 Å². The van der Waals surface area contributed by atoms with Gasteiger partial charge < -0.3 is 4.90 Å². The van der Waals surface area contributed by atoms with Gasteiger partial charge in [0.25, 0.3) is 5.69 Å². The second-order valence-corrected chi connectivity index (χ2v) is 3.55. The van der Waals surface area contributed by atoms with Crippen molar-refractivity contribution in [2.75, 3.05) is 13.6 Å². The van der Waals surface area contributed by atoms with E-state index in [0.717, 1.165) is 5.56 Å². The Kier molecular flexibility index (Phi) is 4.23. The fraction of sp³-hybridized carbons (Fsp3) is 0.250. The number of likely N-dealkylation sites (N-methyl/N-ethyl adjacent to an activating group) is 1. The topological polar surface area (TPSA) is 63.5 Å². The molecule has 0 aliphatic heterocycles. The van der Waals surface area contributed by atoms with Crippen LogP contribution < -0.4 is 0 Å². The van der Waals surface area contributed by atoms with Crippen LogP contribution in [0.4, 0.5) is 5.69 Å². The van der Waals surface area contributed by atoms with Crippen LogP contribution in [0.2, 0.25) is 0 Å². The van der Waals surface area contributed by atoms with Crippen LogP contribution in [0.15, 0.2) is 24.3 Å². The van der Waals surface area contributed by atoms with Crippen molar-refractivity contribution in [3.05, 3.63) is 39.9 Å². The number of nitro groups is 1. The van der Waals surface area contributed by atoms with E-state index in [1.807, 2.05) is 0 Å². The lowest BCUT2D eigenvalue weighted by molar-refractivity contribution is -0.384. The van der Waals surface area contributed by atoms with Gasteiger partial charge in [0.2, 0.25) is 5.91 Å². The maximum atomic E-state index is 11.6. The maximum Gasteiger partial charge on any atom is 0.269 e. The van der Waals surface area contributed by atoms with Crippen LogP contribution in [0.25, 0.3) is 0 Å². The summed E-state index contributed by atoms with van der Waals surface area (Å²) < 4.78 is 0. The monoisotopic (exact) mass is 232 g/mol. The first-order chi connectivity index (χ1) is 8.04. The number of rotatable bonds is 4. The van der Waals surface area contributed by atoms with Crippen molar-refractivity contribution in [1.82, 2.24) is 4.90 Å². The molecular formula is C12H12N2O3. The van der Waals surface area contributed by atoms with Crippen LogP contribution in [0, 0.1) is 22.5 Å². The molecule has 0 saturated carbocycles. The standard InChI is InChI=1S/C12H12N2O3/c1-3-8-13(2)12(15)9-10-4-6-11(7-5-10)14(16)17/h1,4-7H,8-9H2,2H3. The van der Waals surface area contributed by atoms with Gasteiger partial charge in [0.05, 0.1) is 17.9 Å². The maximum absolute atomic E-state index is 11.6. The van der Waals surface area contributed by atoms with Crippen LogP contribution in [0.5, 0.6) is 0 Å². The number of carbonyl (C=O) groups excluding carboxylic acids is 1. The van der Waals surface area contributed by atoms with Gasteiger partial charge in [0.15, 0.2) is 0 Å². The number of nitrogens with zero attached hydrogens (tertiary/aromatic N) is 2. The van der Waals surface area contributed by atoms with Crippen molar-refractivity contribution in [3.63, 3.8) is 0 Å². The third-order valence-electron chi connectivity index (χ3n) is 2.26. The van der Waals surface area contributed by atoms with Gasteiger partial charge in [-0.25, -0.2) is 0 Å². The van der Waals surface area contributed by atoms with Gasteiger partial charge >= 0.3 is 0 Å². The zero-order chi connectivity index (χ0) is 12.8. The number of nitro benzene ring substituents is 1. The molecule has 88 valence electrons. The van der Waals surface area contributed by atoms with E-state index < -0.39 is 4.92 Å². The minimum Gasteiger partial charge on any atom is -0.334 e. The van der Waals surface area contributed by atoms with E-state index in [1.54, 1.807) is 19.2 Å². The molecule has 0 aliphatic carbocycles. The van der Waals surface area contributed by atoms with Crippen LogP contribution in [0.3, 0.4) is 0 Å². The highest BCUT2D eigenvalue weighted by atomic mass is 16.6. The Morgan fingerprint density at radius 1 is 1.47 bits per heavy atom. The fourth-order valence-corrected chi connectivity index (χ4v) is 1.27. The van der Waals surface area contributed by atoms with E-state index in [0.29, 0.717) is 0 Å². The fourth-order valence-electron chi connectivity index (χ4n) is 1.27. The quantitative estimate of drug-likeness (QED) is 0.445.